The molecule has 0 aliphatic heterocycles. The molecule has 0 fully saturated rings. The van der Waals surface area contributed by atoms with E-state index in [1.165, 1.54) is 0 Å². The molecule has 0 bridgehead atoms. The van der Waals surface area contributed by atoms with Gasteiger partial charge in [-0.05, 0) is 36.6 Å². The number of fused-ring (bicyclic) bond motifs is 1. The molecule has 2 aromatic heterocycles. The molecule has 2 heterocycles. The number of esters is 1. The maximum atomic E-state index is 12.1. The number of aromatic nitrogens is 1. The van der Waals surface area contributed by atoms with E-state index in [0.29, 0.717) is 17.7 Å². The highest BCUT2D eigenvalue weighted by molar-refractivity contribution is 7.85. The van der Waals surface area contributed by atoms with Crippen molar-refractivity contribution in [2.45, 2.75) is 33.3 Å². The highest BCUT2D eigenvalue weighted by atomic mass is 32.2. The van der Waals surface area contributed by atoms with Crippen molar-refractivity contribution >= 4 is 21.6 Å². The normalized spacial score (nSPS) is 12.0. The lowest BCUT2D eigenvalue weighted by atomic mass is 10.1. The summed E-state index contributed by atoms with van der Waals surface area (Å²) in [5.41, 5.74) is 2.91. The predicted molar refractivity (Wildman–Crippen MR) is 87.1 cm³/mol. The maximum absolute atomic E-state index is 12.1. The van der Waals surface area contributed by atoms with E-state index in [1.54, 1.807) is 25.1 Å². The molecule has 23 heavy (non-hydrogen) atoms. The molecule has 0 aliphatic rings. The number of rotatable bonds is 6. The zero-order valence-electron chi connectivity index (χ0n) is 13.7. The van der Waals surface area contributed by atoms with Gasteiger partial charge in [-0.25, -0.2) is 4.79 Å². The third kappa shape index (κ3) is 4.11. The highest BCUT2D eigenvalue weighted by Gasteiger charge is 2.20. The van der Waals surface area contributed by atoms with E-state index in [2.05, 4.69) is 0 Å². The van der Waals surface area contributed by atoms with Gasteiger partial charge in [-0.3, -0.25) is 4.18 Å². The summed E-state index contributed by atoms with van der Waals surface area (Å²) in [6, 6.07) is 5.34. The zero-order valence-corrected chi connectivity index (χ0v) is 14.5. The lowest BCUT2D eigenvalue weighted by Gasteiger charge is -2.10. The summed E-state index contributed by atoms with van der Waals surface area (Å²) in [7, 11) is -3.49. The minimum Gasteiger partial charge on any atom is -0.462 e. The molecule has 2 aromatic rings. The molecule has 0 atom stereocenters. The van der Waals surface area contributed by atoms with Crippen molar-refractivity contribution in [3.05, 3.63) is 41.2 Å². The molecule has 2 rings (SSSR count). The first-order valence-corrected chi connectivity index (χ1v) is 9.20. The molecule has 0 spiro atoms. The predicted octanol–water partition coefficient (Wildman–Crippen LogP) is 2.72. The van der Waals surface area contributed by atoms with Crippen molar-refractivity contribution < 1.29 is 22.1 Å². The van der Waals surface area contributed by atoms with Crippen LogP contribution in [0.15, 0.2) is 24.4 Å². The van der Waals surface area contributed by atoms with E-state index in [0.717, 1.165) is 17.5 Å². The molecular weight excluding hydrogens is 318 g/mol. The molecule has 0 amide bonds. The molecular formula is C16H21NO5S. The number of carbonyl (C=O) groups is 1. The number of ether oxygens (including phenoxy) is 1. The van der Waals surface area contributed by atoms with Crippen molar-refractivity contribution in [3.8, 4) is 0 Å². The van der Waals surface area contributed by atoms with Gasteiger partial charge in [-0.15, -0.1) is 0 Å². The van der Waals surface area contributed by atoms with Gasteiger partial charge in [0, 0.05) is 17.4 Å². The van der Waals surface area contributed by atoms with E-state index in [4.69, 9.17) is 8.92 Å². The summed E-state index contributed by atoms with van der Waals surface area (Å²) < 4.78 is 34.0. The van der Waals surface area contributed by atoms with Gasteiger partial charge in [-0.2, -0.15) is 8.42 Å². The molecule has 0 aliphatic carbocycles. The second-order valence-electron chi connectivity index (χ2n) is 5.61. The topological polar surface area (TPSA) is 74.1 Å². The summed E-state index contributed by atoms with van der Waals surface area (Å²) in [4.78, 5) is 12.1. The first-order chi connectivity index (χ1) is 10.7. The Morgan fingerprint density at radius 3 is 2.57 bits per heavy atom. The van der Waals surface area contributed by atoms with Crippen LogP contribution in [0.5, 0.6) is 0 Å². The average molecular weight is 339 g/mol. The van der Waals surface area contributed by atoms with Gasteiger partial charge in [0.25, 0.3) is 10.1 Å². The summed E-state index contributed by atoms with van der Waals surface area (Å²) in [6.45, 7) is 6.06. The Morgan fingerprint density at radius 1 is 1.30 bits per heavy atom. The molecule has 7 heteroatoms. The monoisotopic (exact) mass is 339 g/mol. The largest absolute Gasteiger partial charge is 0.462 e. The number of hydrogen-bond donors (Lipinski definition) is 0. The summed E-state index contributed by atoms with van der Waals surface area (Å²) in [5, 5.41) is 0. The Bertz CT molecular complexity index is 820. The van der Waals surface area contributed by atoms with Gasteiger partial charge >= 0.3 is 5.97 Å². The molecule has 6 nitrogen and oxygen atoms in total. The third-order valence-corrected chi connectivity index (χ3v) is 3.90. The first kappa shape index (κ1) is 17.5. The summed E-state index contributed by atoms with van der Waals surface area (Å²) in [5.74, 6) is -0.219. The van der Waals surface area contributed by atoms with Crippen LogP contribution in [0.2, 0.25) is 0 Å². The molecule has 0 aromatic carbocycles. The fourth-order valence-electron chi connectivity index (χ4n) is 2.47. The smallest absolute Gasteiger partial charge is 0.340 e. The van der Waals surface area contributed by atoms with Crippen LogP contribution in [0.3, 0.4) is 0 Å². The van der Waals surface area contributed by atoms with E-state index in [1.807, 2.05) is 24.4 Å². The fourth-order valence-corrected chi connectivity index (χ4v) is 2.82. The van der Waals surface area contributed by atoms with Gasteiger partial charge in [-0.1, -0.05) is 13.8 Å². The number of carbonyl (C=O) groups excluding carboxylic acids is 1. The molecule has 126 valence electrons. The SMILES string of the molecule is CCOC(=O)c1cc2cc(COS(C)(=O)=O)ccn2c1C(C)C. The van der Waals surface area contributed by atoms with Crippen molar-refractivity contribution in [1.29, 1.82) is 0 Å². The van der Waals surface area contributed by atoms with Crippen molar-refractivity contribution in [1.82, 2.24) is 4.40 Å². The van der Waals surface area contributed by atoms with E-state index in [9.17, 15) is 13.2 Å². The van der Waals surface area contributed by atoms with Gasteiger partial charge in [0.1, 0.15) is 0 Å². The van der Waals surface area contributed by atoms with Gasteiger partial charge in [0.2, 0.25) is 0 Å². The lowest BCUT2D eigenvalue weighted by molar-refractivity contribution is 0.0524. The van der Waals surface area contributed by atoms with Crippen molar-refractivity contribution in [3.63, 3.8) is 0 Å². The highest BCUT2D eigenvalue weighted by Crippen LogP contribution is 2.26. The van der Waals surface area contributed by atoms with Crippen molar-refractivity contribution in [2.75, 3.05) is 12.9 Å². The zero-order chi connectivity index (χ0) is 17.2. The Balaban J connectivity index is 2.45. The number of pyridine rings is 1. The average Bonchev–Trinajstić information content (AvgIpc) is 2.83. The second-order valence-corrected chi connectivity index (χ2v) is 7.26. The third-order valence-electron chi connectivity index (χ3n) is 3.36. The van der Waals surface area contributed by atoms with Crippen LogP contribution in [0, 0.1) is 0 Å². The quantitative estimate of drug-likeness (QED) is 0.597. The lowest BCUT2D eigenvalue weighted by Crippen LogP contribution is -2.08. The van der Waals surface area contributed by atoms with E-state index in [-0.39, 0.29) is 18.5 Å². The van der Waals surface area contributed by atoms with Gasteiger partial charge < -0.3 is 9.14 Å². The first-order valence-electron chi connectivity index (χ1n) is 7.38. The van der Waals surface area contributed by atoms with Crippen LogP contribution in [-0.2, 0) is 25.6 Å². The fraction of sp³-hybridized carbons (Fsp3) is 0.438. The second kappa shape index (κ2) is 6.72. The van der Waals surface area contributed by atoms with Crippen LogP contribution in [0.1, 0.15) is 48.3 Å². The maximum Gasteiger partial charge on any atom is 0.340 e. The minimum absolute atomic E-state index is 0.0355. The Labute approximate surface area is 136 Å². The van der Waals surface area contributed by atoms with E-state index < -0.39 is 10.1 Å². The van der Waals surface area contributed by atoms with Crippen LogP contribution in [0.4, 0.5) is 0 Å². The van der Waals surface area contributed by atoms with Crippen molar-refractivity contribution in [2.24, 2.45) is 0 Å². The standard InChI is InChI=1S/C16H21NO5S/c1-5-21-16(18)14-9-13-8-12(10-22-23(4,19)20)6-7-17(13)15(14)11(2)3/h6-9,11H,5,10H2,1-4H3. The molecule has 0 radical (unpaired) electrons. The van der Waals surface area contributed by atoms with Gasteiger partial charge in [0.15, 0.2) is 0 Å². The molecule has 0 saturated heterocycles. The van der Waals surface area contributed by atoms with Crippen LogP contribution in [0.25, 0.3) is 5.52 Å². The Kier molecular flexibility index (Phi) is 5.11. The number of hydrogen-bond acceptors (Lipinski definition) is 5. The molecule has 0 saturated carbocycles. The van der Waals surface area contributed by atoms with E-state index >= 15 is 0 Å². The Hall–Kier alpha value is -1.86. The van der Waals surface area contributed by atoms with Gasteiger partial charge in [0.05, 0.1) is 25.0 Å². The van der Waals surface area contributed by atoms with Crippen LogP contribution < -0.4 is 0 Å². The summed E-state index contributed by atoms with van der Waals surface area (Å²) in [6.07, 6.45) is 2.83. The summed E-state index contributed by atoms with van der Waals surface area (Å²) >= 11 is 0. The Morgan fingerprint density at radius 2 is 2.00 bits per heavy atom. The molecule has 0 unspecified atom stereocenters. The number of nitrogens with zero attached hydrogens (tertiary/aromatic N) is 1. The van der Waals surface area contributed by atoms with Crippen LogP contribution in [-0.4, -0.2) is 31.7 Å². The molecule has 0 N–H and O–H groups in total. The minimum atomic E-state index is -3.49. The van der Waals surface area contributed by atoms with Crippen LogP contribution >= 0.6 is 0 Å².